The zero-order valence-corrected chi connectivity index (χ0v) is 11.8. The summed E-state index contributed by atoms with van der Waals surface area (Å²) >= 11 is 0. The van der Waals surface area contributed by atoms with E-state index >= 15 is 0 Å². The van der Waals surface area contributed by atoms with E-state index in [2.05, 4.69) is 16.4 Å². The van der Waals surface area contributed by atoms with Crippen LogP contribution in [0.4, 0.5) is 0 Å². The first kappa shape index (κ1) is 14.3. The third-order valence-electron chi connectivity index (χ3n) is 3.06. The average molecular weight is 272 g/mol. The van der Waals surface area contributed by atoms with Crippen LogP contribution in [-0.2, 0) is 17.9 Å². The number of nitrogens with zero attached hydrogens (tertiary/aromatic N) is 2. The van der Waals surface area contributed by atoms with Gasteiger partial charge in [-0.3, -0.25) is 4.79 Å². The van der Waals surface area contributed by atoms with Crippen LogP contribution in [0, 0.1) is 0 Å². The van der Waals surface area contributed by atoms with E-state index in [0.717, 1.165) is 17.7 Å². The fourth-order valence-electron chi connectivity index (χ4n) is 1.86. The lowest BCUT2D eigenvalue weighted by molar-refractivity contribution is -0.125. The van der Waals surface area contributed by atoms with Gasteiger partial charge in [0.2, 0.25) is 5.91 Å². The fraction of sp³-hybridized carbons (Fsp3) is 0.333. The van der Waals surface area contributed by atoms with E-state index in [-0.39, 0.29) is 5.91 Å². The average Bonchev–Trinajstić information content (AvgIpc) is 2.89. The molecule has 3 N–H and O–H groups in total. The highest BCUT2D eigenvalue weighted by Gasteiger charge is 2.21. The maximum absolute atomic E-state index is 11.8. The molecule has 0 aliphatic carbocycles. The third kappa shape index (κ3) is 3.68. The first-order valence-electron chi connectivity index (χ1n) is 6.56. The van der Waals surface area contributed by atoms with Crippen LogP contribution in [0.3, 0.4) is 0 Å². The van der Waals surface area contributed by atoms with Crippen molar-refractivity contribution in [2.24, 2.45) is 5.73 Å². The van der Waals surface area contributed by atoms with Gasteiger partial charge in [-0.05, 0) is 25.0 Å². The molecule has 2 rings (SSSR count). The second-order valence-electron chi connectivity index (χ2n) is 5.41. The van der Waals surface area contributed by atoms with Gasteiger partial charge in [0.15, 0.2) is 0 Å². The molecule has 1 amide bonds. The number of carbonyl (C=O) groups is 1. The van der Waals surface area contributed by atoms with Crippen LogP contribution >= 0.6 is 0 Å². The van der Waals surface area contributed by atoms with Crippen molar-refractivity contribution in [3.63, 3.8) is 0 Å². The van der Waals surface area contributed by atoms with Crippen molar-refractivity contribution in [3.05, 3.63) is 54.1 Å². The predicted octanol–water partition coefficient (Wildman–Crippen LogP) is 1.28. The summed E-state index contributed by atoms with van der Waals surface area (Å²) in [6.45, 7) is 4.60. The van der Waals surface area contributed by atoms with Crippen LogP contribution < -0.4 is 11.1 Å². The highest BCUT2D eigenvalue weighted by Crippen LogP contribution is 2.11. The summed E-state index contributed by atoms with van der Waals surface area (Å²) in [5, 5.41) is 2.87. The van der Waals surface area contributed by atoms with E-state index in [9.17, 15) is 4.79 Å². The molecule has 1 heterocycles. The Hall–Kier alpha value is -2.14. The van der Waals surface area contributed by atoms with Gasteiger partial charge >= 0.3 is 0 Å². The van der Waals surface area contributed by atoms with Crippen LogP contribution in [0.15, 0.2) is 43.0 Å². The van der Waals surface area contributed by atoms with Gasteiger partial charge in [-0.15, -0.1) is 0 Å². The van der Waals surface area contributed by atoms with E-state index in [1.807, 2.05) is 29.0 Å². The predicted molar refractivity (Wildman–Crippen MR) is 77.9 cm³/mol. The molecule has 0 radical (unpaired) electrons. The SMILES string of the molecule is CC(C)(N)C(=O)NCc1ccccc1Cn1ccnc1. The first-order valence-corrected chi connectivity index (χ1v) is 6.56. The summed E-state index contributed by atoms with van der Waals surface area (Å²) in [7, 11) is 0. The number of hydrogen-bond donors (Lipinski definition) is 2. The van der Waals surface area contributed by atoms with E-state index in [0.29, 0.717) is 6.54 Å². The second-order valence-corrected chi connectivity index (χ2v) is 5.41. The maximum Gasteiger partial charge on any atom is 0.239 e. The highest BCUT2D eigenvalue weighted by atomic mass is 16.2. The summed E-state index contributed by atoms with van der Waals surface area (Å²) in [6.07, 6.45) is 5.44. The molecular formula is C15H20N4O. The number of nitrogens with one attached hydrogen (secondary N) is 1. The molecule has 0 spiro atoms. The lowest BCUT2D eigenvalue weighted by atomic mass is 10.0. The molecule has 0 bridgehead atoms. The van der Waals surface area contributed by atoms with E-state index in [1.54, 1.807) is 26.4 Å². The van der Waals surface area contributed by atoms with Gasteiger partial charge in [0.25, 0.3) is 0 Å². The van der Waals surface area contributed by atoms with Crippen LogP contribution in [-0.4, -0.2) is 21.0 Å². The minimum absolute atomic E-state index is 0.157. The number of rotatable bonds is 5. The van der Waals surface area contributed by atoms with Gasteiger partial charge in [0, 0.05) is 25.5 Å². The molecule has 0 unspecified atom stereocenters. The van der Waals surface area contributed by atoms with Crippen LogP contribution in [0.1, 0.15) is 25.0 Å². The maximum atomic E-state index is 11.8. The summed E-state index contributed by atoms with van der Waals surface area (Å²) in [6, 6.07) is 8.02. The molecule has 0 fully saturated rings. The minimum Gasteiger partial charge on any atom is -0.350 e. The van der Waals surface area contributed by atoms with E-state index in [1.165, 1.54) is 0 Å². The second kappa shape index (κ2) is 5.88. The number of nitrogens with two attached hydrogens (primary N) is 1. The molecule has 0 saturated heterocycles. The number of imidazole rings is 1. The van der Waals surface area contributed by atoms with Gasteiger partial charge in [0.1, 0.15) is 0 Å². The Morgan fingerprint density at radius 2 is 2.05 bits per heavy atom. The van der Waals surface area contributed by atoms with Crippen LogP contribution in [0.25, 0.3) is 0 Å². The summed E-state index contributed by atoms with van der Waals surface area (Å²) in [5.41, 5.74) is 7.14. The van der Waals surface area contributed by atoms with Crippen molar-refractivity contribution in [2.45, 2.75) is 32.5 Å². The Morgan fingerprint density at radius 1 is 1.35 bits per heavy atom. The van der Waals surface area contributed by atoms with Gasteiger partial charge < -0.3 is 15.6 Å². The molecule has 0 aliphatic rings. The third-order valence-corrected chi connectivity index (χ3v) is 3.06. The highest BCUT2D eigenvalue weighted by molar-refractivity contribution is 5.85. The molecule has 0 aliphatic heterocycles. The molecule has 106 valence electrons. The lowest BCUT2D eigenvalue weighted by Crippen LogP contribution is -2.48. The molecule has 5 heteroatoms. The molecule has 1 aromatic heterocycles. The fourth-order valence-corrected chi connectivity index (χ4v) is 1.86. The lowest BCUT2D eigenvalue weighted by Gasteiger charge is -2.18. The summed E-state index contributed by atoms with van der Waals surface area (Å²) in [5.74, 6) is -0.157. The van der Waals surface area contributed by atoms with Crippen LogP contribution in [0.2, 0.25) is 0 Å². The number of benzene rings is 1. The Kier molecular flexibility index (Phi) is 4.20. The topological polar surface area (TPSA) is 72.9 Å². The molecule has 2 aromatic rings. The minimum atomic E-state index is -0.862. The van der Waals surface area contributed by atoms with Crippen molar-refractivity contribution < 1.29 is 4.79 Å². The van der Waals surface area contributed by atoms with E-state index in [4.69, 9.17) is 5.73 Å². The van der Waals surface area contributed by atoms with Gasteiger partial charge in [0.05, 0.1) is 11.9 Å². The smallest absolute Gasteiger partial charge is 0.239 e. The summed E-state index contributed by atoms with van der Waals surface area (Å²) < 4.78 is 1.99. The molecule has 20 heavy (non-hydrogen) atoms. The van der Waals surface area contributed by atoms with Crippen molar-refractivity contribution in [1.82, 2.24) is 14.9 Å². The molecule has 0 saturated carbocycles. The van der Waals surface area contributed by atoms with Crippen molar-refractivity contribution in [1.29, 1.82) is 0 Å². The Balaban J connectivity index is 2.06. The van der Waals surface area contributed by atoms with Crippen molar-refractivity contribution >= 4 is 5.91 Å². The number of carbonyl (C=O) groups excluding carboxylic acids is 1. The largest absolute Gasteiger partial charge is 0.350 e. The Bertz CT molecular complexity index is 570. The Labute approximate surface area is 118 Å². The van der Waals surface area contributed by atoms with Crippen molar-refractivity contribution in [3.8, 4) is 0 Å². The number of hydrogen-bond acceptors (Lipinski definition) is 3. The Morgan fingerprint density at radius 3 is 2.65 bits per heavy atom. The van der Waals surface area contributed by atoms with Gasteiger partial charge in [-0.2, -0.15) is 0 Å². The summed E-state index contributed by atoms with van der Waals surface area (Å²) in [4.78, 5) is 15.8. The van der Waals surface area contributed by atoms with Gasteiger partial charge in [-0.1, -0.05) is 24.3 Å². The van der Waals surface area contributed by atoms with Gasteiger partial charge in [-0.25, -0.2) is 4.98 Å². The molecule has 0 atom stereocenters. The zero-order valence-electron chi connectivity index (χ0n) is 11.8. The zero-order chi connectivity index (χ0) is 14.6. The van der Waals surface area contributed by atoms with E-state index < -0.39 is 5.54 Å². The number of aromatic nitrogens is 2. The standard InChI is InChI=1S/C15H20N4O/c1-15(2,16)14(20)18-9-12-5-3-4-6-13(12)10-19-8-7-17-11-19/h3-8,11H,9-10,16H2,1-2H3,(H,18,20). The molecular weight excluding hydrogens is 252 g/mol. The molecule has 1 aromatic carbocycles. The van der Waals surface area contributed by atoms with Crippen molar-refractivity contribution in [2.75, 3.05) is 0 Å². The quantitative estimate of drug-likeness (QED) is 0.861. The monoisotopic (exact) mass is 272 g/mol. The molecule has 5 nitrogen and oxygen atoms in total. The number of amides is 1. The first-order chi connectivity index (χ1) is 9.47. The normalized spacial score (nSPS) is 11.3. The van der Waals surface area contributed by atoms with Crippen LogP contribution in [0.5, 0.6) is 0 Å².